The maximum Gasteiger partial charge on any atom is 0.315 e. The van der Waals surface area contributed by atoms with Crippen LogP contribution >= 0.6 is 0 Å². The van der Waals surface area contributed by atoms with E-state index in [-0.39, 0.29) is 18.1 Å². The van der Waals surface area contributed by atoms with E-state index < -0.39 is 0 Å². The third-order valence-electron chi connectivity index (χ3n) is 5.52. The molecule has 3 rings (SSSR count). The average Bonchev–Trinajstić information content (AvgIpc) is 2.66. The monoisotopic (exact) mass is 345 g/mol. The number of para-hydroxylation sites is 1. The number of hydrogen-bond donors (Lipinski definition) is 3. The zero-order chi connectivity index (χ0) is 17.5. The maximum atomic E-state index is 12.1. The highest BCUT2D eigenvalue weighted by Gasteiger charge is 2.23. The largest absolute Gasteiger partial charge is 0.393 e. The number of carbonyl (C=O) groups excluding carboxylic acids is 1. The van der Waals surface area contributed by atoms with Gasteiger partial charge in [0.05, 0.1) is 6.10 Å². The molecule has 138 valence electrons. The van der Waals surface area contributed by atoms with Gasteiger partial charge in [0, 0.05) is 37.8 Å². The summed E-state index contributed by atoms with van der Waals surface area (Å²) in [5.41, 5.74) is 2.41. The molecule has 2 amide bonds. The number of piperidine rings is 1. The second-order valence-electron chi connectivity index (χ2n) is 7.35. The smallest absolute Gasteiger partial charge is 0.315 e. The lowest BCUT2D eigenvalue weighted by atomic mass is 9.86. The Morgan fingerprint density at radius 1 is 1.04 bits per heavy atom. The van der Waals surface area contributed by atoms with Crippen molar-refractivity contribution in [3.05, 3.63) is 29.8 Å². The lowest BCUT2D eigenvalue weighted by Crippen LogP contribution is -2.41. The van der Waals surface area contributed by atoms with Crippen LogP contribution in [-0.2, 0) is 6.54 Å². The molecule has 1 saturated heterocycles. The average molecular weight is 345 g/mol. The standard InChI is InChI=1S/C20H31N3O2/c24-19-11-5-3-9-17(19)15-22-20(25)21-14-16-8-2-4-10-18(16)23-12-6-1-7-13-23/h2,4,8,10,17,19,24H,1,3,5-7,9,11-15H2,(H2,21,22,25). The lowest BCUT2D eigenvalue weighted by Gasteiger charge is -2.30. The van der Waals surface area contributed by atoms with Crippen LogP contribution in [0.4, 0.5) is 10.5 Å². The lowest BCUT2D eigenvalue weighted by molar-refractivity contribution is 0.0709. The predicted octanol–water partition coefficient (Wildman–Crippen LogP) is 3.03. The fourth-order valence-electron chi connectivity index (χ4n) is 3.99. The van der Waals surface area contributed by atoms with E-state index in [0.29, 0.717) is 13.1 Å². The second-order valence-corrected chi connectivity index (χ2v) is 7.35. The highest BCUT2D eigenvalue weighted by Crippen LogP contribution is 2.24. The van der Waals surface area contributed by atoms with Crippen molar-refractivity contribution in [3.8, 4) is 0 Å². The summed E-state index contributed by atoms with van der Waals surface area (Å²) in [5.74, 6) is 0.195. The molecule has 5 heteroatoms. The number of aliphatic hydroxyl groups is 1. The first kappa shape index (κ1) is 18.1. The molecule has 3 N–H and O–H groups in total. The van der Waals surface area contributed by atoms with E-state index in [1.165, 1.54) is 24.9 Å². The Labute approximate surface area is 150 Å². The molecular formula is C20H31N3O2. The summed E-state index contributed by atoms with van der Waals surface area (Å²) in [5, 5.41) is 15.9. The minimum absolute atomic E-state index is 0.147. The molecule has 2 atom stereocenters. The summed E-state index contributed by atoms with van der Waals surface area (Å²) in [4.78, 5) is 14.6. The second kappa shape index (κ2) is 9.09. The molecular weight excluding hydrogens is 314 g/mol. The number of rotatable bonds is 5. The van der Waals surface area contributed by atoms with Crippen molar-refractivity contribution in [2.24, 2.45) is 5.92 Å². The topological polar surface area (TPSA) is 64.6 Å². The fraction of sp³-hybridized carbons (Fsp3) is 0.650. The van der Waals surface area contributed by atoms with Gasteiger partial charge in [-0.25, -0.2) is 4.79 Å². The molecule has 5 nitrogen and oxygen atoms in total. The van der Waals surface area contributed by atoms with Gasteiger partial charge < -0.3 is 20.6 Å². The maximum absolute atomic E-state index is 12.1. The van der Waals surface area contributed by atoms with E-state index in [1.54, 1.807) is 0 Å². The Bertz CT molecular complexity index is 558. The van der Waals surface area contributed by atoms with E-state index in [9.17, 15) is 9.90 Å². The van der Waals surface area contributed by atoms with E-state index >= 15 is 0 Å². The van der Waals surface area contributed by atoms with Gasteiger partial charge in [-0.3, -0.25) is 0 Å². The van der Waals surface area contributed by atoms with Gasteiger partial charge in [-0.15, -0.1) is 0 Å². The first-order valence-corrected chi connectivity index (χ1v) is 9.76. The number of urea groups is 1. The molecule has 2 aliphatic rings. The van der Waals surface area contributed by atoms with Crippen LogP contribution in [0.3, 0.4) is 0 Å². The highest BCUT2D eigenvalue weighted by atomic mass is 16.3. The first-order valence-electron chi connectivity index (χ1n) is 9.76. The predicted molar refractivity (Wildman–Crippen MR) is 101 cm³/mol. The zero-order valence-corrected chi connectivity index (χ0v) is 15.0. The first-order chi connectivity index (χ1) is 12.2. The number of nitrogens with one attached hydrogen (secondary N) is 2. The van der Waals surface area contributed by atoms with Crippen LogP contribution in [0.15, 0.2) is 24.3 Å². The van der Waals surface area contributed by atoms with Gasteiger partial charge in [0.15, 0.2) is 0 Å². The Hall–Kier alpha value is -1.75. The number of benzene rings is 1. The van der Waals surface area contributed by atoms with Crippen LogP contribution in [-0.4, -0.2) is 36.9 Å². The van der Waals surface area contributed by atoms with E-state index in [1.807, 2.05) is 6.07 Å². The van der Waals surface area contributed by atoms with E-state index in [0.717, 1.165) is 44.3 Å². The van der Waals surface area contributed by atoms with Crippen molar-refractivity contribution in [3.63, 3.8) is 0 Å². The zero-order valence-electron chi connectivity index (χ0n) is 15.0. The Morgan fingerprint density at radius 3 is 2.60 bits per heavy atom. The van der Waals surface area contributed by atoms with Gasteiger partial charge in [-0.2, -0.15) is 0 Å². The van der Waals surface area contributed by atoms with Crippen molar-refractivity contribution in [1.29, 1.82) is 0 Å². The quantitative estimate of drug-likeness (QED) is 0.768. The van der Waals surface area contributed by atoms with Crippen LogP contribution in [0.25, 0.3) is 0 Å². The number of aliphatic hydroxyl groups excluding tert-OH is 1. The molecule has 1 aliphatic heterocycles. The Kier molecular flexibility index (Phi) is 6.56. The van der Waals surface area contributed by atoms with Crippen molar-refractivity contribution in [2.45, 2.75) is 57.6 Å². The van der Waals surface area contributed by atoms with E-state index in [2.05, 4.69) is 33.7 Å². The molecule has 2 unspecified atom stereocenters. The number of anilines is 1. The van der Waals surface area contributed by atoms with Gasteiger partial charge in [-0.1, -0.05) is 31.0 Å². The highest BCUT2D eigenvalue weighted by molar-refractivity contribution is 5.74. The summed E-state index contributed by atoms with van der Waals surface area (Å²) in [6.07, 6.45) is 7.63. The third kappa shape index (κ3) is 5.11. The van der Waals surface area contributed by atoms with Gasteiger partial charge in [0.25, 0.3) is 0 Å². The summed E-state index contributed by atoms with van der Waals surface area (Å²) in [6.45, 7) is 3.29. The van der Waals surface area contributed by atoms with E-state index in [4.69, 9.17) is 0 Å². The molecule has 0 spiro atoms. The molecule has 0 aromatic heterocycles. The molecule has 1 saturated carbocycles. The summed E-state index contributed by atoms with van der Waals surface area (Å²) in [7, 11) is 0. The van der Waals surface area contributed by atoms with Gasteiger partial charge in [0.2, 0.25) is 0 Å². The minimum atomic E-state index is -0.270. The van der Waals surface area contributed by atoms with Crippen LogP contribution in [0.1, 0.15) is 50.5 Å². The van der Waals surface area contributed by atoms with Crippen molar-refractivity contribution in [1.82, 2.24) is 10.6 Å². The normalized spacial score (nSPS) is 24.0. The molecule has 2 fully saturated rings. The van der Waals surface area contributed by atoms with Crippen LogP contribution in [0, 0.1) is 5.92 Å². The van der Waals surface area contributed by atoms with Crippen LogP contribution < -0.4 is 15.5 Å². The van der Waals surface area contributed by atoms with Crippen molar-refractivity contribution in [2.75, 3.05) is 24.5 Å². The summed E-state index contributed by atoms with van der Waals surface area (Å²) >= 11 is 0. The van der Waals surface area contributed by atoms with Gasteiger partial charge in [-0.05, 0) is 43.7 Å². The number of hydrogen-bond acceptors (Lipinski definition) is 3. The molecule has 0 radical (unpaired) electrons. The Balaban J connectivity index is 1.48. The Morgan fingerprint density at radius 2 is 1.80 bits per heavy atom. The van der Waals surface area contributed by atoms with Gasteiger partial charge >= 0.3 is 6.03 Å². The SMILES string of the molecule is O=C(NCc1ccccc1N1CCCCC1)NCC1CCCCC1O. The van der Waals surface area contributed by atoms with Crippen molar-refractivity contribution < 1.29 is 9.90 Å². The van der Waals surface area contributed by atoms with Crippen LogP contribution in [0.2, 0.25) is 0 Å². The number of amides is 2. The molecule has 1 aromatic rings. The third-order valence-corrected chi connectivity index (χ3v) is 5.52. The molecule has 1 heterocycles. The van der Waals surface area contributed by atoms with Crippen LogP contribution in [0.5, 0.6) is 0 Å². The molecule has 1 aromatic carbocycles. The fourth-order valence-corrected chi connectivity index (χ4v) is 3.99. The summed E-state index contributed by atoms with van der Waals surface area (Å²) in [6, 6.07) is 8.19. The van der Waals surface area contributed by atoms with Gasteiger partial charge in [0.1, 0.15) is 0 Å². The molecule has 1 aliphatic carbocycles. The van der Waals surface area contributed by atoms with Crippen molar-refractivity contribution >= 4 is 11.7 Å². The number of nitrogens with zero attached hydrogens (tertiary/aromatic N) is 1. The molecule has 0 bridgehead atoms. The molecule has 25 heavy (non-hydrogen) atoms. The summed E-state index contributed by atoms with van der Waals surface area (Å²) < 4.78 is 0. The number of carbonyl (C=O) groups is 1. The minimum Gasteiger partial charge on any atom is -0.393 e.